The molecule has 1 fully saturated rings. The minimum Gasteiger partial charge on any atom is -0.445 e. The number of hydrogen-bond donors (Lipinski definition) is 3. The van der Waals surface area contributed by atoms with Crippen molar-refractivity contribution in [2.45, 2.75) is 57.0 Å². The summed E-state index contributed by atoms with van der Waals surface area (Å²) in [5.41, 5.74) is 1.63. The number of benzene rings is 3. The topological polar surface area (TPSA) is 126 Å². The predicted molar refractivity (Wildman–Crippen MR) is 168 cm³/mol. The molecule has 0 aliphatic carbocycles. The first kappa shape index (κ1) is 30.9. The van der Waals surface area contributed by atoms with E-state index in [0.717, 1.165) is 26.8 Å². The van der Waals surface area contributed by atoms with Crippen molar-refractivity contribution < 1.29 is 28.7 Å². The highest BCUT2D eigenvalue weighted by atomic mass is 32.1. The lowest BCUT2D eigenvalue weighted by molar-refractivity contribution is -0.133. The van der Waals surface area contributed by atoms with Gasteiger partial charge in [-0.25, -0.2) is 4.79 Å². The van der Waals surface area contributed by atoms with Crippen LogP contribution in [-0.4, -0.2) is 54.0 Å². The molecule has 0 saturated carbocycles. The van der Waals surface area contributed by atoms with Gasteiger partial charge in [-0.15, -0.1) is 11.3 Å². The molecular formula is C34H35N3O6S. The van der Waals surface area contributed by atoms with E-state index in [-0.39, 0.29) is 31.8 Å². The molecule has 0 bridgehead atoms. The van der Waals surface area contributed by atoms with Crippen molar-refractivity contribution in [1.82, 2.24) is 16.0 Å². The molecule has 44 heavy (non-hydrogen) atoms. The minimum atomic E-state index is -1.02. The number of carbonyl (C=O) groups is 4. The smallest absolute Gasteiger partial charge is 0.408 e. The van der Waals surface area contributed by atoms with Crippen LogP contribution in [0.3, 0.4) is 0 Å². The van der Waals surface area contributed by atoms with E-state index in [1.165, 1.54) is 6.92 Å². The maximum absolute atomic E-state index is 13.9. The second kappa shape index (κ2) is 13.8. The summed E-state index contributed by atoms with van der Waals surface area (Å²) in [7, 11) is 0. The number of thiophene rings is 1. The Morgan fingerprint density at radius 3 is 2.11 bits per heavy atom. The van der Waals surface area contributed by atoms with Gasteiger partial charge in [0.2, 0.25) is 11.8 Å². The lowest BCUT2D eigenvalue weighted by Gasteiger charge is -2.25. The molecule has 228 valence electrons. The van der Waals surface area contributed by atoms with Gasteiger partial charge < -0.3 is 25.4 Å². The number of ether oxygens (including phenoxy) is 2. The summed E-state index contributed by atoms with van der Waals surface area (Å²) in [4.78, 5) is 53.0. The van der Waals surface area contributed by atoms with E-state index in [1.807, 2.05) is 90.3 Å². The van der Waals surface area contributed by atoms with Crippen LogP contribution in [0.2, 0.25) is 0 Å². The molecule has 4 atom stereocenters. The molecule has 1 aromatic heterocycles. The zero-order valence-electron chi connectivity index (χ0n) is 24.6. The third-order valence-corrected chi connectivity index (χ3v) is 8.59. The van der Waals surface area contributed by atoms with Gasteiger partial charge in [0, 0.05) is 11.1 Å². The number of alkyl carbamates (subject to hydrolysis) is 1. The Balaban J connectivity index is 1.31. The number of rotatable bonds is 13. The fourth-order valence-corrected chi connectivity index (χ4v) is 5.85. The molecule has 3 aromatic carbocycles. The number of amides is 3. The number of fused-ring (bicyclic) bond motifs is 1. The van der Waals surface area contributed by atoms with Crippen LogP contribution in [-0.2, 0) is 43.3 Å². The Hall–Kier alpha value is -4.54. The van der Waals surface area contributed by atoms with E-state index < -0.39 is 41.6 Å². The van der Waals surface area contributed by atoms with Crippen molar-refractivity contribution in [1.29, 1.82) is 0 Å². The highest BCUT2D eigenvalue weighted by molar-refractivity contribution is 7.17. The van der Waals surface area contributed by atoms with Gasteiger partial charge >= 0.3 is 6.09 Å². The Labute approximate surface area is 259 Å². The largest absolute Gasteiger partial charge is 0.445 e. The molecule has 3 amide bonds. The van der Waals surface area contributed by atoms with Crippen LogP contribution in [0.5, 0.6) is 0 Å². The molecule has 5 rings (SSSR count). The molecule has 3 N–H and O–H groups in total. The maximum atomic E-state index is 13.9. The molecule has 10 heteroatoms. The van der Waals surface area contributed by atoms with Crippen LogP contribution < -0.4 is 16.0 Å². The molecule has 0 radical (unpaired) electrons. The van der Waals surface area contributed by atoms with Crippen molar-refractivity contribution in [3.63, 3.8) is 0 Å². The second-order valence-corrected chi connectivity index (χ2v) is 12.0. The fourth-order valence-electron chi connectivity index (χ4n) is 4.87. The number of nitrogens with one attached hydrogen (secondary N) is 3. The van der Waals surface area contributed by atoms with Crippen LogP contribution >= 0.6 is 11.3 Å². The highest BCUT2D eigenvalue weighted by Gasteiger charge is 2.50. The van der Waals surface area contributed by atoms with Crippen molar-refractivity contribution >= 4 is 45.1 Å². The minimum absolute atomic E-state index is 0.0523. The van der Waals surface area contributed by atoms with Crippen LogP contribution in [0.25, 0.3) is 10.1 Å². The molecule has 2 heterocycles. The van der Waals surface area contributed by atoms with Crippen LogP contribution in [0.15, 0.2) is 90.3 Å². The van der Waals surface area contributed by atoms with E-state index >= 15 is 0 Å². The summed E-state index contributed by atoms with van der Waals surface area (Å²) in [6, 6.07) is 23.6. The zero-order valence-corrected chi connectivity index (χ0v) is 25.4. The third kappa shape index (κ3) is 7.89. The van der Waals surface area contributed by atoms with Crippen molar-refractivity contribution in [3.8, 4) is 0 Å². The van der Waals surface area contributed by atoms with Gasteiger partial charge in [-0.05, 0) is 53.8 Å². The van der Waals surface area contributed by atoms with Crippen molar-refractivity contribution in [3.05, 3.63) is 107 Å². The first-order valence-corrected chi connectivity index (χ1v) is 15.3. The molecule has 4 aromatic rings. The SMILES string of the molecule is CC(NC(=O)OCc1ccccc1)C(=O)NC(Cc1csc2ccccc12)C(=O)NC(Cc1ccccc1)C(=O)C1(C)CO1. The molecule has 4 unspecified atom stereocenters. The number of ketones is 1. The summed E-state index contributed by atoms with van der Waals surface area (Å²) in [6.45, 7) is 3.57. The van der Waals surface area contributed by atoms with Gasteiger partial charge in [0.1, 0.15) is 24.3 Å². The average molecular weight is 614 g/mol. The summed E-state index contributed by atoms with van der Waals surface area (Å²) >= 11 is 1.55. The Morgan fingerprint density at radius 2 is 1.43 bits per heavy atom. The fraction of sp³-hybridized carbons (Fsp3) is 0.294. The number of carbonyl (C=O) groups excluding carboxylic acids is 4. The van der Waals surface area contributed by atoms with Gasteiger partial charge in [-0.2, -0.15) is 0 Å². The van der Waals surface area contributed by atoms with Gasteiger partial charge in [-0.3, -0.25) is 14.4 Å². The van der Waals surface area contributed by atoms with Crippen LogP contribution in [0.4, 0.5) is 4.79 Å². The zero-order chi connectivity index (χ0) is 31.1. The summed E-state index contributed by atoms with van der Waals surface area (Å²) in [5, 5.41) is 11.2. The van der Waals surface area contributed by atoms with Gasteiger partial charge in [0.25, 0.3) is 0 Å². The summed E-state index contributed by atoms with van der Waals surface area (Å²) < 4.78 is 11.7. The standard InChI is InChI=1S/C34H35N3O6S/c1-22(35-33(41)42-19-24-13-7-4-8-14-24)31(39)37-28(18-25-20-44-29-16-10-9-15-26(25)29)32(40)36-27(30(38)34(2)21-43-34)17-23-11-5-3-6-12-23/h3-16,20,22,27-28H,17-19,21H2,1-2H3,(H,35,41)(H,36,40)(H,37,39). The first-order chi connectivity index (χ1) is 21.2. The van der Waals surface area contributed by atoms with Crippen molar-refractivity contribution in [2.75, 3.05) is 6.61 Å². The van der Waals surface area contributed by atoms with Crippen LogP contribution in [0, 0.1) is 0 Å². The van der Waals surface area contributed by atoms with Crippen LogP contribution in [0.1, 0.15) is 30.5 Å². The molecule has 1 aliphatic rings. The van der Waals surface area contributed by atoms with Gasteiger partial charge in [0.05, 0.1) is 12.6 Å². The normalized spacial score (nSPS) is 17.6. The number of hydrogen-bond acceptors (Lipinski definition) is 7. The molecular weight excluding hydrogens is 578 g/mol. The monoisotopic (exact) mass is 613 g/mol. The quantitative estimate of drug-likeness (QED) is 0.193. The molecule has 1 saturated heterocycles. The summed E-state index contributed by atoms with van der Waals surface area (Å²) in [6.07, 6.45) is -0.294. The van der Waals surface area contributed by atoms with E-state index in [1.54, 1.807) is 18.3 Å². The van der Waals surface area contributed by atoms with Gasteiger partial charge in [0.15, 0.2) is 5.78 Å². The van der Waals surface area contributed by atoms with E-state index in [0.29, 0.717) is 0 Å². The second-order valence-electron chi connectivity index (χ2n) is 11.1. The van der Waals surface area contributed by atoms with E-state index in [9.17, 15) is 19.2 Å². The first-order valence-electron chi connectivity index (χ1n) is 14.5. The maximum Gasteiger partial charge on any atom is 0.408 e. The highest BCUT2D eigenvalue weighted by Crippen LogP contribution is 2.30. The average Bonchev–Trinajstić information content (AvgIpc) is 3.67. The lowest BCUT2D eigenvalue weighted by Crippen LogP contribution is -2.57. The third-order valence-electron chi connectivity index (χ3n) is 7.57. The summed E-state index contributed by atoms with van der Waals surface area (Å²) in [5.74, 6) is -1.30. The van der Waals surface area contributed by atoms with E-state index in [2.05, 4.69) is 16.0 Å². The van der Waals surface area contributed by atoms with Crippen molar-refractivity contribution in [2.24, 2.45) is 0 Å². The predicted octanol–water partition coefficient (Wildman–Crippen LogP) is 4.33. The van der Waals surface area contributed by atoms with E-state index in [4.69, 9.17) is 9.47 Å². The number of epoxide rings is 1. The Kier molecular flexibility index (Phi) is 9.72. The Morgan fingerprint density at radius 1 is 0.818 bits per heavy atom. The van der Waals surface area contributed by atoms with Gasteiger partial charge in [-0.1, -0.05) is 78.9 Å². The molecule has 0 spiro atoms. The Bertz CT molecular complexity index is 1620. The molecule has 1 aliphatic heterocycles. The molecule has 9 nitrogen and oxygen atoms in total. The lowest BCUT2D eigenvalue weighted by atomic mass is 9.94. The number of Topliss-reactive ketones (excluding diaryl/α,β-unsaturated/α-hetero) is 1.